The largest absolute Gasteiger partial charge is 0.470 e. The smallest absolute Gasteiger partial charge is 0.296 e. The Hall–Kier alpha value is -3.67. The number of Topliss-reactive ketones (excluding diaryl/α,β-unsaturated/α-hetero) is 1. The number of hydrogen-bond acceptors (Lipinski definition) is 8. The van der Waals surface area contributed by atoms with Crippen LogP contribution in [0.5, 0.6) is 5.88 Å². The standard InChI is InChI=1S/C26H28F2N6O4/c27-23(28)24-29-19-3-1-2-4-20(19)34(24)21-13-22(31-26(30-21)32-9-11-37-12-10-32)38-18-14-33(15-18)25(36)16-5-7-17(35)8-6-16/h1-4,13,16,18,23H,5-12,14-15H2. The van der Waals surface area contributed by atoms with Gasteiger partial charge in [0, 0.05) is 37.9 Å². The van der Waals surface area contributed by atoms with Gasteiger partial charge in [-0.05, 0) is 25.0 Å². The Balaban J connectivity index is 1.27. The number of benzene rings is 1. The summed E-state index contributed by atoms with van der Waals surface area (Å²) in [5.41, 5.74) is 0.945. The maximum atomic E-state index is 14.0. The van der Waals surface area contributed by atoms with Gasteiger partial charge in [0.15, 0.2) is 5.82 Å². The summed E-state index contributed by atoms with van der Waals surface area (Å²) in [6.07, 6.45) is -0.969. The normalized spacial score (nSPS) is 19.3. The van der Waals surface area contributed by atoms with Crippen LogP contribution in [0.4, 0.5) is 14.7 Å². The van der Waals surface area contributed by atoms with Crippen LogP contribution in [0.3, 0.4) is 0 Å². The zero-order chi connectivity index (χ0) is 26.2. The number of morpholine rings is 1. The van der Waals surface area contributed by atoms with Gasteiger partial charge in [0.2, 0.25) is 17.7 Å². The minimum Gasteiger partial charge on any atom is -0.470 e. The molecule has 0 atom stereocenters. The van der Waals surface area contributed by atoms with Gasteiger partial charge in [-0.1, -0.05) is 12.1 Å². The highest BCUT2D eigenvalue weighted by atomic mass is 19.3. The van der Waals surface area contributed by atoms with Gasteiger partial charge in [-0.15, -0.1) is 0 Å². The fraction of sp³-hybridized carbons (Fsp3) is 0.500. The molecule has 0 radical (unpaired) electrons. The van der Waals surface area contributed by atoms with Crippen molar-refractivity contribution < 1.29 is 27.8 Å². The summed E-state index contributed by atoms with van der Waals surface area (Å²) < 4.78 is 41.0. The Bertz CT molecular complexity index is 1340. The van der Waals surface area contributed by atoms with Gasteiger partial charge < -0.3 is 19.3 Å². The van der Waals surface area contributed by atoms with Crippen LogP contribution in [0.2, 0.25) is 0 Å². The van der Waals surface area contributed by atoms with Crippen molar-refractivity contribution >= 4 is 28.7 Å². The van der Waals surface area contributed by atoms with E-state index in [0.717, 1.165) is 0 Å². The van der Waals surface area contributed by atoms with Crippen LogP contribution >= 0.6 is 0 Å². The van der Waals surface area contributed by atoms with Crippen molar-refractivity contribution in [3.05, 3.63) is 36.2 Å². The number of likely N-dealkylation sites (tertiary alicyclic amines) is 1. The van der Waals surface area contributed by atoms with Gasteiger partial charge in [-0.3, -0.25) is 14.2 Å². The molecule has 1 amide bonds. The first kappa shape index (κ1) is 24.7. The van der Waals surface area contributed by atoms with Crippen molar-refractivity contribution in [3.63, 3.8) is 0 Å². The quantitative estimate of drug-likeness (QED) is 0.483. The molecular formula is C26H28F2N6O4. The van der Waals surface area contributed by atoms with Crippen LogP contribution < -0.4 is 9.64 Å². The number of amides is 1. The van der Waals surface area contributed by atoms with Crippen LogP contribution in [0, 0.1) is 5.92 Å². The minimum atomic E-state index is -2.81. The zero-order valence-electron chi connectivity index (χ0n) is 20.8. The number of alkyl halides is 2. The number of anilines is 1. The fourth-order valence-corrected chi connectivity index (χ4v) is 5.22. The van der Waals surface area contributed by atoms with Gasteiger partial charge in [0.25, 0.3) is 6.43 Å². The summed E-state index contributed by atoms with van der Waals surface area (Å²) in [6, 6.07) is 8.46. The van der Waals surface area contributed by atoms with E-state index in [-0.39, 0.29) is 35.4 Å². The van der Waals surface area contributed by atoms with E-state index in [2.05, 4.69) is 15.0 Å². The van der Waals surface area contributed by atoms with E-state index >= 15 is 0 Å². The van der Waals surface area contributed by atoms with Gasteiger partial charge in [0.05, 0.1) is 37.3 Å². The Morgan fingerprint density at radius 2 is 1.79 bits per heavy atom. The highest BCUT2D eigenvalue weighted by molar-refractivity contribution is 5.85. The van der Waals surface area contributed by atoms with Crippen molar-refractivity contribution in [1.82, 2.24) is 24.4 Å². The van der Waals surface area contributed by atoms with Crippen LogP contribution in [0.25, 0.3) is 16.9 Å². The third kappa shape index (κ3) is 4.80. The second-order valence-electron chi connectivity index (χ2n) is 9.85. The SMILES string of the molecule is O=C1CCC(C(=O)N2CC(Oc3cc(-n4c(C(F)F)nc5ccccc54)nc(N4CCOCC4)n3)C2)CC1. The lowest BCUT2D eigenvalue weighted by Crippen LogP contribution is -2.58. The molecule has 4 heterocycles. The van der Waals surface area contributed by atoms with Crippen molar-refractivity contribution in [2.24, 2.45) is 5.92 Å². The Labute approximate surface area is 217 Å². The molecule has 3 aromatic rings. The number of rotatable bonds is 6. The van der Waals surface area contributed by atoms with Crippen LogP contribution in [-0.4, -0.2) is 81.6 Å². The first-order valence-electron chi connectivity index (χ1n) is 12.9. The molecule has 0 bridgehead atoms. The van der Waals surface area contributed by atoms with Crippen LogP contribution in [0.1, 0.15) is 37.9 Å². The summed E-state index contributed by atoms with van der Waals surface area (Å²) in [4.78, 5) is 41.4. The predicted molar refractivity (Wildman–Crippen MR) is 133 cm³/mol. The third-order valence-corrected chi connectivity index (χ3v) is 7.32. The first-order chi connectivity index (χ1) is 18.5. The van der Waals surface area contributed by atoms with E-state index in [1.54, 1.807) is 35.2 Å². The molecule has 2 aliphatic heterocycles. The number of halogens is 2. The lowest BCUT2D eigenvalue weighted by Gasteiger charge is -2.41. The molecule has 3 aliphatic rings. The number of ether oxygens (including phenoxy) is 2. The molecule has 1 saturated carbocycles. The number of nitrogens with zero attached hydrogens (tertiary/aromatic N) is 6. The maximum Gasteiger partial charge on any atom is 0.296 e. The lowest BCUT2D eigenvalue weighted by atomic mass is 9.86. The van der Waals surface area contributed by atoms with Crippen molar-refractivity contribution in [2.75, 3.05) is 44.3 Å². The summed E-state index contributed by atoms with van der Waals surface area (Å²) in [7, 11) is 0. The Kier molecular flexibility index (Phi) is 6.64. The molecule has 10 nitrogen and oxygen atoms in total. The molecule has 6 rings (SSSR count). The number of hydrogen-bond donors (Lipinski definition) is 0. The van der Waals surface area contributed by atoms with Crippen molar-refractivity contribution in [2.45, 2.75) is 38.2 Å². The summed E-state index contributed by atoms with van der Waals surface area (Å²) >= 11 is 0. The maximum absolute atomic E-state index is 14.0. The number of ketones is 1. The zero-order valence-corrected chi connectivity index (χ0v) is 20.8. The van der Waals surface area contributed by atoms with Crippen LogP contribution in [-0.2, 0) is 14.3 Å². The first-order valence-corrected chi connectivity index (χ1v) is 12.9. The van der Waals surface area contributed by atoms with E-state index in [1.807, 2.05) is 4.90 Å². The summed E-state index contributed by atoms with van der Waals surface area (Å²) in [6.45, 7) is 2.95. The predicted octanol–water partition coefficient (Wildman–Crippen LogP) is 2.94. The monoisotopic (exact) mass is 526 g/mol. The van der Waals surface area contributed by atoms with E-state index in [0.29, 0.717) is 82.1 Å². The Morgan fingerprint density at radius 1 is 1.05 bits per heavy atom. The highest BCUT2D eigenvalue weighted by Gasteiger charge is 2.37. The topological polar surface area (TPSA) is 103 Å². The molecular weight excluding hydrogens is 498 g/mol. The highest BCUT2D eigenvalue weighted by Crippen LogP contribution is 2.31. The van der Waals surface area contributed by atoms with E-state index < -0.39 is 12.2 Å². The van der Waals surface area contributed by atoms with Gasteiger partial charge in [-0.25, -0.2) is 13.8 Å². The second kappa shape index (κ2) is 10.2. The van der Waals surface area contributed by atoms with E-state index in [4.69, 9.17) is 9.47 Å². The number of carbonyl (C=O) groups excluding carboxylic acids is 2. The molecule has 0 spiro atoms. The fourth-order valence-electron chi connectivity index (χ4n) is 5.22. The van der Waals surface area contributed by atoms with Crippen LogP contribution in [0.15, 0.2) is 30.3 Å². The molecule has 3 fully saturated rings. The van der Waals surface area contributed by atoms with Gasteiger partial charge in [-0.2, -0.15) is 9.97 Å². The van der Waals surface area contributed by atoms with Gasteiger partial charge in [0.1, 0.15) is 17.7 Å². The molecule has 2 aromatic heterocycles. The van der Waals surface area contributed by atoms with Crippen molar-refractivity contribution in [3.8, 4) is 11.7 Å². The lowest BCUT2D eigenvalue weighted by molar-refractivity contribution is -0.146. The van der Waals surface area contributed by atoms with E-state index in [9.17, 15) is 18.4 Å². The molecule has 2 saturated heterocycles. The molecule has 0 N–H and O–H groups in total. The Morgan fingerprint density at radius 3 is 2.53 bits per heavy atom. The molecule has 38 heavy (non-hydrogen) atoms. The number of aromatic nitrogens is 4. The number of carbonyl (C=O) groups is 2. The molecule has 1 aliphatic carbocycles. The van der Waals surface area contributed by atoms with E-state index in [1.165, 1.54) is 4.57 Å². The third-order valence-electron chi connectivity index (χ3n) is 7.32. The number of imidazole rings is 1. The summed E-state index contributed by atoms with van der Waals surface area (Å²) in [5.74, 6) is 0.591. The second-order valence-corrected chi connectivity index (χ2v) is 9.85. The number of fused-ring (bicyclic) bond motifs is 1. The van der Waals surface area contributed by atoms with Crippen molar-refractivity contribution in [1.29, 1.82) is 0 Å². The number of para-hydroxylation sites is 2. The molecule has 12 heteroatoms. The van der Waals surface area contributed by atoms with Gasteiger partial charge >= 0.3 is 0 Å². The molecule has 1 aromatic carbocycles. The minimum absolute atomic E-state index is 0.0567. The summed E-state index contributed by atoms with van der Waals surface area (Å²) in [5, 5.41) is 0. The average molecular weight is 527 g/mol. The molecule has 0 unspecified atom stereocenters. The average Bonchev–Trinajstić information content (AvgIpc) is 3.31. The molecule has 200 valence electrons.